The Kier molecular flexibility index (Phi) is 10.2. The molecule has 9 aromatic carbocycles. The van der Waals surface area contributed by atoms with Crippen LogP contribution in [0.1, 0.15) is 63.8 Å². The first kappa shape index (κ1) is 44.8. The van der Waals surface area contributed by atoms with Crippen LogP contribution in [0.5, 0.6) is 0 Å². The fraction of sp³-hybridized carbons (Fsp3) is 0.167. The predicted molar refractivity (Wildman–Crippen MR) is 273 cm³/mol. The molecular formula is C60H46F6N2O2. The van der Waals surface area contributed by atoms with E-state index in [-0.39, 0.29) is 10.8 Å². The van der Waals surface area contributed by atoms with E-state index in [1.54, 1.807) is 0 Å². The highest BCUT2D eigenvalue weighted by Crippen LogP contribution is 2.45. The van der Waals surface area contributed by atoms with E-state index in [0.717, 1.165) is 101 Å². The maximum absolute atomic E-state index is 13.7. The van der Waals surface area contributed by atoms with Crippen LogP contribution in [0, 0.1) is 0 Å². The fourth-order valence-electron chi connectivity index (χ4n) is 9.55. The molecule has 350 valence electrons. The number of anilines is 6. The minimum atomic E-state index is -4.46. The van der Waals surface area contributed by atoms with Crippen molar-refractivity contribution < 1.29 is 35.2 Å². The minimum Gasteiger partial charge on any atom is -0.456 e. The highest BCUT2D eigenvalue weighted by molar-refractivity contribution is 6.24. The highest BCUT2D eigenvalue weighted by atomic mass is 19.4. The molecule has 0 amide bonds. The van der Waals surface area contributed by atoms with Crippen molar-refractivity contribution in [2.24, 2.45) is 0 Å². The summed E-state index contributed by atoms with van der Waals surface area (Å²) in [4.78, 5) is 3.91. The van der Waals surface area contributed by atoms with Gasteiger partial charge in [0.05, 0.1) is 16.5 Å². The Morgan fingerprint density at radius 1 is 0.314 bits per heavy atom. The summed E-state index contributed by atoms with van der Waals surface area (Å²) in [6.07, 6.45) is -8.92. The van der Waals surface area contributed by atoms with Gasteiger partial charge < -0.3 is 18.6 Å². The van der Waals surface area contributed by atoms with Gasteiger partial charge in [0.1, 0.15) is 22.3 Å². The van der Waals surface area contributed by atoms with Crippen LogP contribution in [0.2, 0.25) is 0 Å². The van der Waals surface area contributed by atoms with Crippen LogP contribution in [-0.4, -0.2) is 0 Å². The van der Waals surface area contributed by atoms with Gasteiger partial charge >= 0.3 is 12.4 Å². The van der Waals surface area contributed by atoms with Gasteiger partial charge in [0.2, 0.25) is 0 Å². The smallest absolute Gasteiger partial charge is 0.416 e. The Morgan fingerprint density at radius 3 is 1.09 bits per heavy atom. The molecule has 2 aromatic heterocycles. The van der Waals surface area contributed by atoms with E-state index in [1.807, 2.05) is 94.7 Å². The largest absolute Gasteiger partial charge is 0.456 e. The zero-order valence-electron chi connectivity index (χ0n) is 39.1. The number of alkyl halides is 6. The molecule has 0 fully saturated rings. The average molecular weight is 941 g/mol. The monoisotopic (exact) mass is 940 g/mol. The maximum atomic E-state index is 13.7. The first-order valence-electron chi connectivity index (χ1n) is 23.0. The summed E-state index contributed by atoms with van der Waals surface area (Å²) in [5.74, 6) is 0. The molecule has 0 bridgehead atoms. The van der Waals surface area contributed by atoms with Crippen molar-refractivity contribution in [3.05, 3.63) is 192 Å². The molecule has 0 spiro atoms. The summed E-state index contributed by atoms with van der Waals surface area (Å²) in [6, 6.07) is 50.8. The molecular weight excluding hydrogens is 895 g/mol. The highest BCUT2D eigenvalue weighted by Gasteiger charge is 2.32. The van der Waals surface area contributed by atoms with E-state index in [9.17, 15) is 26.3 Å². The molecule has 11 rings (SSSR count). The summed E-state index contributed by atoms with van der Waals surface area (Å²) in [5.41, 5.74) is 7.62. The van der Waals surface area contributed by atoms with Crippen LogP contribution in [0.4, 0.5) is 60.5 Å². The van der Waals surface area contributed by atoms with Gasteiger partial charge in [-0.3, -0.25) is 0 Å². The van der Waals surface area contributed by atoms with Crippen LogP contribution in [-0.2, 0) is 23.2 Å². The third kappa shape index (κ3) is 7.95. The molecule has 0 saturated carbocycles. The standard InChI is InChI=1S/C60H46F6N2O2/c1-57(2,3)39-9-19-43(20-10-39)67(45-23-13-41(14-24-45)59(61,62)63)47-17-7-35-31-50-49-27-28-52-55(56(49)70-53(50)33-37(35)29-47)51-32-36-8-18-48(30-38(36)34-54(51)69-52)68(44-21-11-40(12-22-44)58(4,5)6)46-25-15-42(16-26-46)60(64,65)66/h7-34H,1-6H3. The number of hydrogen-bond acceptors (Lipinski definition) is 4. The Labute approximate surface area is 400 Å². The Balaban J connectivity index is 1.000. The van der Waals surface area contributed by atoms with Crippen molar-refractivity contribution in [2.75, 3.05) is 9.80 Å². The number of benzene rings is 9. The molecule has 2 heterocycles. The number of furan rings is 2. The Bertz CT molecular complexity index is 3680. The topological polar surface area (TPSA) is 32.8 Å². The summed E-state index contributed by atoms with van der Waals surface area (Å²) < 4.78 is 95.2. The molecule has 0 aliphatic rings. The zero-order chi connectivity index (χ0) is 49.1. The second-order valence-corrected chi connectivity index (χ2v) is 20.1. The number of nitrogens with zero attached hydrogens (tertiary/aromatic N) is 2. The van der Waals surface area contributed by atoms with Crippen LogP contribution in [0.25, 0.3) is 65.4 Å². The molecule has 4 nitrogen and oxygen atoms in total. The first-order valence-corrected chi connectivity index (χ1v) is 23.0. The Morgan fingerprint density at radius 2 is 0.686 bits per heavy atom. The normalized spacial score (nSPS) is 12.9. The van der Waals surface area contributed by atoms with E-state index in [1.165, 1.54) is 24.3 Å². The summed E-state index contributed by atoms with van der Waals surface area (Å²) in [7, 11) is 0. The summed E-state index contributed by atoms with van der Waals surface area (Å²) >= 11 is 0. The van der Waals surface area contributed by atoms with Crippen LogP contribution >= 0.6 is 0 Å². The van der Waals surface area contributed by atoms with E-state index < -0.39 is 23.5 Å². The molecule has 0 atom stereocenters. The number of rotatable bonds is 6. The van der Waals surface area contributed by atoms with Crippen LogP contribution < -0.4 is 9.80 Å². The number of hydrogen-bond donors (Lipinski definition) is 0. The lowest BCUT2D eigenvalue weighted by atomic mass is 9.87. The van der Waals surface area contributed by atoms with Gasteiger partial charge in [-0.05, 0) is 177 Å². The summed E-state index contributed by atoms with van der Waals surface area (Å²) in [6.45, 7) is 12.8. The number of fused-ring (bicyclic) bond motifs is 9. The van der Waals surface area contributed by atoms with E-state index in [0.29, 0.717) is 33.7 Å². The van der Waals surface area contributed by atoms with Gasteiger partial charge in [-0.15, -0.1) is 0 Å². The molecule has 10 heteroatoms. The SMILES string of the molecule is CC(C)(C)c1ccc(N(c2ccc(C(F)(F)F)cc2)c2ccc3cc4c(cc3c2)oc2c4ccc3oc4cc5cc(N(c6ccc(C(C)(C)C)cc6)c6ccc(C(F)(F)F)cc6)ccc5cc4c32)cc1. The van der Waals surface area contributed by atoms with Gasteiger partial charge in [0.15, 0.2) is 0 Å². The maximum Gasteiger partial charge on any atom is 0.416 e. The molecule has 0 N–H and O–H groups in total. The molecule has 70 heavy (non-hydrogen) atoms. The third-order valence-corrected chi connectivity index (χ3v) is 13.4. The minimum absolute atomic E-state index is 0.0866. The molecule has 0 radical (unpaired) electrons. The summed E-state index contributed by atoms with van der Waals surface area (Å²) in [5, 5.41) is 7.21. The van der Waals surface area contributed by atoms with Gasteiger partial charge in [-0.25, -0.2) is 0 Å². The van der Waals surface area contributed by atoms with E-state index in [2.05, 4.69) is 77.9 Å². The Hall–Kier alpha value is -7.72. The lowest BCUT2D eigenvalue weighted by molar-refractivity contribution is -0.138. The van der Waals surface area contributed by atoms with Crippen LogP contribution in [0.15, 0.2) is 179 Å². The average Bonchev–Trinajstić information content (AvgIpc) is 3.86. The fourth-order valence-corrected chi connectivity index (χ4v) is 9.55. The molecule has 0 saturated heterocycles. The van der Waals surface area contributed by atoms with Gasteiger partial charge in [0.25, 0.3) is 0 Å². The van der Waals surface area contributed by atoms with Gasteiger partial charge in [-0.2, -0.15) is 26.3 Å². The molecule has 0 unspecified atom stereocenters. The lowest BCUT2D eigenvalue weighted by Gasteiger charge is -2.27. The first-order chi connectivity index (χ1) is 33.2. The van der Waals surface area contributed by atoms with Crippen molar-refractivity contribution in [1.29, 1.82) is 0 Å². The van der Waals surface area contributed by atoms with Crippen molar-refractivity contribution in [2.45, 2.75) is 64.7 Å². The van der Waals surface area contributed by atoms with Crippen molar-refractivity contribution in [1.82, 2.24) is 0 Å². The van der Waals surface area contributed by atoms with Crippen molar-refractivity contribution in [3.8, 4) is 0 Å². The van der Waals surface area contributed by atoms with Gasteiger partial charge in [0, 0.05) is 50.3 Å². The molecule has 0 aliphatic heterocycles. The van der Waals surface area contributed by atoms with Crippen molar-refractivity contribution >= 4 is 99.5 Å². The van der Waals surface area contributed by atoms with Gasteiger partial charge in [-0.1, -0.05) is 77.9 Å². The number of halogens is 6. The van der Waals surface area contributed by atoms with Crippen LogP contribution in [0.3, 0.4) is 0 Å². The quantitative estimate of drug-likeness (QED) is 0.156. The van der Waals surface area contributed by atoms with E-state index in [4.69, 9.17) is 8.83 Å². The molecule has 0 aliphatic carbocycles. The second kappa shape index (κ2) is 15.9. The lowest BCUT2D eigenvalue weighted by Crippen LogP contribution is -2.13. The van der Waals surface area contributed by atoms with E-state index >= 15 is 0 Å². The third-order valence-electron chi connectivity index (χ3n) is 13.4. The predicted octanol–water partition coefficient (Wildman–Crippen LogP) is 19.4. The zero-order valence-corrected chi connectivity index (χ0v) is 39.1. The van der Waals surface area contributed by atoms with Crippen molar-refractivity contribution in [3.63, 3.8) is 0 Å². The molecule has 11 aromatic rings. The second-order valence-electron chi connectivity index (χ2n) is 20.1.